The lowest BCUT2D eigenvalue weighted by Crippen LogP contribution is -2.36. The molecule has 0 radical (unpaired) electrons. The highest BCUT2D eigenvalue weighted by atomic mass is 79.9. The molecule has 3 rings (SSSR count). The Labute approximate surface area is 110 Å². The van der Waals surface area contributed by atoms with Crippen LogP contribution in [-0.2, 0) is 0 Å². The van der Waals surface area contributed by atoms with Crippen molar-refractivity contribution >= 4 is 49.5 Å². The quantitative estimate of drug-likeness (QED) is 0.777. The van der Waals surface area contributed by atoms with Crippen molar-refractivity contribution in [2.24, 2.45) is 0 Å². The van der Waals surface area contributed by atoms with E-state index < -0.39 is 0 Å². The number of halogens is 2. The van der Waals surface area contributed by atoms with Gasteiger partial charge in [-0.05, 0) is 52.9 Å². The van der Waals surface area contributed by atoms with E-state index >= 15 is 0 Å². The van der Waals surface area contributed by atoms with Crippen molar-refractivity contribution in [3.63, 3.8) is 0 Å². The molecule has 0 saturated heterocycles. The van der Waals surface area contributed by atoms with E-state index in [1.54, 1.807) is 11.9 Å². The summed E-state index contributed by atoms with van der Waals surface area (Å²) in [5.41, 5.74) is 1.35. The van der Waals surface area contributed by atoms with Gasteiger partial charge in [0.2, 0.25) is 0 Å². The van der Waals surface area contributed by atoms with E-state index in [0.717, 1.165) is 21.7 Å². The molecule has 2 aliphatic rings. The second kappa shape index (κ2) is 3.95. The number of nitrogens with one attached hydrogen (secondary N) is 1. The Balaban J connectivity index is 2.08. The molecule has 5 heteroatoms. The maximum atomic E-state index is 3.61. The minimum Gasteiger partial charge on any atom is -0.354 e. The van der Waals surface area contributed by atoms with Crippen molar-refractivity contribution in [2.75, 3.05) is 11.6 Å². The van der Waals surface area contributed by atoms with Gasteiger partial charge in [0.15, 0.2) is 0 Å². The van der Waals surface area contributed by atoms with E-state index in [0.29, 0.717) is 0 Å². The van der Waals surface area contributed by atoms with Crippen LogP contribution in [0.5, 0.6) is 0 Å². The fraction of sp³-hybridized carbons (Fsp3) is 0.400. The van der Waals surface area contributed by atoms with Crippen molar-refractivity contribution in [1.29, 1.82) is 0 Å². The maximum Gasteiger partial charge on any atom is 0.0781 e. The number of hydrogen-bond donors (Lipinski definition) is 1. The summed E-state index contributed by atoms with van der Waals surface area (Å²) in [6.45, 7) is 0.950. The Hall–Kier alpha value is 0.290. The van der Waals surface area contributed by atoms with E-state index in [9.17, 15) is 0 Å². The van der Waals surface area contributed by atoms with Crippen LogP contribution in [0.3, 0.4) is 0 Å². The topological polar surface area (TPSA) is 15.3 Å². The first-order valence-electron chi connectivity index (χ1n) is 4.91. The van der Waals surface area contributed by atoms with E-state index in [-0.39, 0.29) is 0 Å². The molecule has 80 valence electrons. The van der Waals surface area contributed by atoms with Gasteiger partial charge in [-0.15, -0.1) is 0 Å². The van der Waals surface area contributed by atoms with Crippen molar-refractivity contribution in [3.05, 3.63) is 21.1 Å². The van der Waals surface area contributed by atoms with E-state index in [4.69, 9.17) is 0 Å². The third kappa shape index (κ3) is 1.95. The monoisotopic (exact) mass is 348 g/mol. The molecule has 1 saturated carbocycles. The Kier molecular flexibility index (Phi) is 2.75. The standard InChI is InChI=1S/C10H10Br2N2S/c11-6-3-8(12)10-9(4-6)14(5-13-15-10)7-1-2-7/h3-4,7,13H,1-2,5H2. The van der Waals surface area contributed by atoms with Crippen LogP contribution in [0, 0.1) is 0 Å². The molecule has 0 atom stereocenters. The number of rotatable bonds is 1. The minimum atomic E-state index is 0.748. The zero-order valence-electron chi connectivity index (χ0n) is 7.96. The van der Waals surface area contributed by atoms with Crippen LogP contribution in [0.2, 0.25) is 0 Å². The van der Waals surface area contributed by atoms with Crippen LogP contribution >= 0.6 is 43.8 Å². The van der Waals surface area contributed by atoms with Gasteiger partial charge in [-0.25, -0.2) is 4.72 Å². The van der Waals surface area contributed by atoms with Gasteiger partial charge in [-0.3, -0.25) is 0 Å². The average molecular weight is 350 g/mol. The highest BCUT2D eigenvalue weighted by molar-refractivity contribution is 9.11. The van der Waals surface area contributed by atoms with Gasteiger partial charge < -0.3 is 4.90 Å². The predicted octanol–water partition coefficient (Wildman–Crippen LogP) is 3.75. The van der Waals surface area contributed by atoms with Crippen LogP contribution in [0.25, 0.3) is 0 Å². The summed E-state index contributed by atoms with van der Waals surface area (Å²) in [7, 11) is 0. The Morgan fingerprint density at radius 2 is 2.13 bits per heavy atom. The van der Waals surface area contributed by atoms with Crippen molar-refractivity contribution in [3.8, 4) is 0 Å². The second-order valence-corrected chi connectivity index (χ2v) is 6.51. The summed E-state index contributed by atoms with van der Waals surface area (Å²) < 4.78 is 5.67. The van der Waals surface area contributed by atoms with Crippen molar-refractivity contribution in [1.82, 2.24) is 4.72 Å². The third-order valence-electron chi connectivity index (χ3n) is 2.69. The zero-order valence-corrected chi connectivity index (χ0v) is 12.0. The van der Waals surface area contributed by atoms with Gasteiger partial charge in [0.25, 0.3) is 0 Å². The Morgan fingerprint density at radius 3 is 2.87 bits per heavy atom. The molecule has 2 nitrogen and oxygen atoms in total. The van der Waals surface area contributed by atoms with Crippen molar-refractivity contribution < 1.29 is 0 Å². The molecule has 0 spiro atoms. The van der Waals surface area contributed by atoms with Gasteiger partial charge in [-0.1, -0.05) is 15.9 Å². The maximum absolute atomic E-state index is 3.61. The summed E-state index contributed by atoms with van der Waals surface area (Å²) in [4.78, 5) is 3.76. The fourth-order valence-electron chi connectivity index (χ4n) is 1.83. The SMILES string of the molecule is Brc1cc(Br)c2c(c1)N(C1CC1)CNS2. The number of anilines is 1. The molecule has 1 fully saturated rings. The van der Waals surface area contributed by atoms with E-state index in [1.165, 1.54) is 23.4 Å². The van der Waals surface area contributed by atoms with Gasteiger partial charge in [0.05, 0.1) is 17.3 Å². The lowest BCUT2D eigenvalue weighted by atomic mass is 10.3. The molecular formula is C10H10Br2N2S. The molecule has 0 amide bonds. The van der Waals surface area contributed by atoms with E-state index in [1.807, 2.05) is 0 Å². The number of hydrogen-bond acceptors (Lipinski definition) is 3. The molecule has 1 aliphatic heterocycles. The summed E-state index contributed by atoms with van der Waals surface area (Å²) in [5.74, 6) is 0. The van der Waals surface area contributed by atoms with Gasteiger partial charge in [0.1, 0.15) is 0 Å². The first-order valence-corrected chi connectivity index (χ1v) is 7.31. The van der Waals surface area contributed by atoms with Crippen molar-refractivity contribution in [2.45, 2.75) is 23.8 Å². The molecule has 0 bridgehead atoms. The molecule has 15 heavy (non-hydrogen) atoms. The number of fused-ring (bicyclic) bond motifs is 1. The number of benzene rings is 1. The Bertz CT molecular complexity index is 407. The third-order valence-corrected chi connectivity index (χ3v) is 4.95. The second-order valence-electron chi connectivity index (χ2n) is 3.84. The smallest absolute Gasteiger partial charge is 0.0781 e. The lowest BCUT2D eigenvalue weighted by molar-refractivity contribution is 0.753. The molecular weight excluding hydrogens is 340 g/mol. The van der Waals surface area contributed by atoms with Crippen LogP contribution in [0.1, 0.15) is 12.8 Å². The summed E-state index contributed by atoms with van der Waals surface area (Å²) in [6, 6.07) is 5.06. The summed E-state index contributed by atoms with van der Waals surface area (Å²) >= 11 is 8.88. The highest BCUT2D eigenvalue weighted by Crippen LogP contribution is 2.44. The lowest BCUT2D eigenvalue weighted by Gasteiger charge is -2.32. The first kappa shape index (κ1) is 10.4. The molecule has 1 aliphatic carbocycles. The Morgan fingerprint density at radius 1 is 1.33 bits per heavy atom. The average Bonchev–Trinajstić information content (AvgIpc) is 3.00. The molecule has 1 aromatic carbocycles. The highest BCUT2D eigenvalue weighted by Gasteiger charge is 2.33. The van der Waals surface area contributed by atoms with Gasteiger partial charge in [0, 0.05) is 15.0 Å². The largest absolute Gasteiger partial charge is 0.354 e. The normalized spacial score (nSPS) is 20.3. The fourth-order valence-corrected chi connectivity index (χ4v) is 4.06. The molecule has 1 aromatic rings. The summed E-state index contributed by atoms with van der Waals surface area (Å²) in [5, 5.41) is 0. The number of nitrogens with zero attached hydrogens (tertiary/aromatic N) is 1. The molecule has 1 heterocycles. The van der Waals surface area contributed by atoms with E-state index in [2.05, 4.69) is 53.6 Å². The summed E-state index contributed by atoms with van der Waals surface area (Å²) in [6.07, 6.45) is 2.66. The molecule has 1 N–H and O–H groups in total. The molecule has 0 unspecified atom stereocenters. The van der Waals surface area contributed by atoms with Crippen LogP contribution in [-0.4, -0.2) is 12.7 Å². The van der Waals surface area contributed by atoms with Crippen LogP contribution in [0.4, 0.5) is 5.69 Å². The minimum absolute atomic E-state index is 0.748. The van der Waals surface area contributed by atoms with Gasteiger partial charge in [-0.2, -0.15) is 0 Å². The zero-order chi connectivity index (χ0) is 10.4. The van der Waals surface area contributed by atoms with Crippen LogP contribution in [0.15, 0.2) is 26.0 Å². The predicted molar refractivity (Wildman–Crippen MR) is 71.2 cm³/mol. The molecule has 0 aromatic heterocycles. The van der Waals surface area contributed by atoms with Crippen LogP contribution < -0.4 is 9.62 Å². The first-order chi connectivity index (χ1) is 7.25. The van der Waals surface area contributed by atoms with Gasteiger partial charge >= 0.3 is 0 Å².